The minimum absolute atomic E-state index is 0.192. The second-order valence-corrected chi connectivity index (χ2v) is 5.18. The van der Waals surface area contributed by atoms with Gasteiger partial charge in [-0.1, -0.05) is 41.5 Å². The van der Waals surface area contributed by atoms with Crippen molar-refractivity contribution in [3.8, 4) is 6.07 Å². The Morgan fingerprint density at radius 1 is 1.28 bits per heavy atom. The summed E-state index contributed by atoms with van der Waals surface area (Å²) in [6.07, 6.45) is 1.97. The van der Waals surface area contributed by atoms with Gasteiger partial charge in [0.1, 0.15) is 17.5 Å². The Morgan fingerprint density at radius 2 is 1.88 bits per heavy atom. The molecule has 25 heavy (non-hydrogen) atoms. The van der Waals surface area contributed by atoms with Gasteiger partial charge in [0, 0.05) is 12.7 Å². The lowest BCUT2D eigenvalue weighted by Gasteiger charge is -2.09. The van der Waals surface area contributed by atoms with Crippen LogP contribution in [-0.4, -0.2) is 27.6 Å². The zero-order chi connectivity index (χ0) is 19.6. The molecule has 0 spiro atoms. The molecule has 0 amide bonds. The van der Waals surface area contributed by atoms with E-state index in [1.807, 2.05) is 53.0 Å². The largest absolute Gasteiger partial charge is 0.469 e. The van der Waals surface area contributed by atoms with Crippen molar-refractivity contribution in [2.75, 3.05) is 7.11 Å². The van der Waals surface area contributed by atoms with E-state index in [9.17, 15) is 10.1 Å². The summed E-state index contributed by atoms with van der Waals surface area (Å²) in [6, 6.07) is 2.19. The Balaban J connectivity index is 0.00000134. The van der Waals surface area contributed by atoms with Gasteiger partial charge in [0.15, 0.2) is 0 Å². The first-order valence-corrected chi connectivity index (χ1v) is 8.82. The Kier molecular flexibility index (Phi) is 10.1. The van der Waals surface area contributed by atoms with E-state index in [0.717, 1.165) is 11.1 Å². The number of rotatable bonds is 4. The first kappa shape index (κ1) is 22.6. The maximum absolute atomic E-state index is 11.3. The van der Waals surface area contributed by atoms with Gasteiger partial charge in [0.05, 0.1) is 30.2 Å². The second-order valence-electron chi connectivity index (χ2n) is 5.18. The van der Waals surface area contributed by atoms with Gasteiger partial charge in [-0.3, -0.25) is 4.79 Å². The second kappa shape index (κ2) is 11.2. The summed E-state index contributed by atoms with van der Waals surface area (Å²) in [5, 5.41) is 10.1. The third-order valence-corrected chi connectivity index (χ3v) is 3.31. The first-order chi connectivity index (χ1) is 12.0. The average molecular weight is 346 g/mol. The van der Waals surface area contributed by atoms with E-state index in [4.69, 9.17) is 0 Å². The number of methoxy groups -OCH3 is 1. The fraction of sp³-hybridized carbons (Fsp3) is 0.579. The zero-order valence-corrected chi connectivity index (χ0v) is 16.7. The van der Waals surface area contributed by atoms with E-state index < -0.39 is 0 Å². The predicted octanol–water partition coefficient (Wildman–Crippen LogP) is 4.35. The van der Waals surface area contributed by atoms with Crippen molar-refractivity contribution in [2.24, 2.45) is 0 Å². The third-order valence-electron chi connectivity index (χ3n) is 3.31. The van der Waals surface area contributed by atoms with Gasteiger partial charge in [-0.05, 0) is 12.8 Å². The molecular formula is C19H30N4O2. The highest BCUT2D eigenvalue weighted by molar-refractivity contribution is 5.86. The van der Waals surface area contributed by atoms with Crippen molar-refractivity contribution >= 4 is 17.0 Å². The number of esters is 1. The van der Waals surface area contributed by atoms with Crippen molar-refractivity contribution in [1.29, 1.82) is 5.26 Å². The molecule has 2 heterocycles. The fourth-order valence-corrected chi connectivity index (χ4v) is 2.31. The van der Waals surface area contributed by atoms with Crippen LogP contribution in [0.5, 0.6) is 0 Å². The summed E-state index contributed by atoms with van der Waals surface area (Å²) in [5.41, 5.74) is 2.11. The molecule has 2 rings (SSSR count). The van der Waals surface area contributed by atoms with Crippen LogP contribution in [0.1, 0.15) is 71.0 Å². The summed E-state index contributed by atoms with van der Waals surface area (Å²) in [6.45, 7) is 14.3. The van der Waals surface area contributed by atoms with Gasteiger partial charge in [0.2, 0.25) is 0 Å². The van der Waals surface area contributed by atoms with Gasteiger partial charge in [-0.25, -0.2) is 9.97 Å². The molecule has 0 saturated carbocycles. The Bertz CT molecular complexity index is 727. The number of hydrogen-bond donors (Lipinski definition) is 0. The molecule has 0 unspecified atom stereocenters. The summed E-state index contributed by atoms with van der Waals surface area (Å²) < 4.78 is 6.48. The normalized spacial score (nSPS) is 9.60. The highest BCUT2D eigenvalue weighted by Gasteiger charge is 2.18. The van der Waals surface area contributed by atoms with Crippen LogP contribution in [0.25, 0.3) is 11.0 Å². The van der Waals surface area contributed by atoms with E-state index in [2.05, 4.69) is 20.8 Å². The molecule has 0 aromatic carbocycles. The van der Waals surface area contributed by atoms with E-state index in [-0.39, 0.29) is 18.3 Å². The van der Waals surface area contributed by atoms with Crippen molar-refractivity contribution in [1.82, 2.24) is 14.5 Å². The first-order valence-electron chi connectivity index (χ1n) is 8.82. The molecule has 0 saturated heterocycles. The van der Waals surface area contributed by atoms with E-state index in [1.54, 1.807) is 6.20 Å². The number of aryl methyl sites for hydroxylation is 2. The van der Waals surface area contributed by atoms with Gasteiger partial charge in [-0.15, -0.1) is 0 Å². The number of ether oxygens (including phenoxy) is 1. The highest BCUT2D eigenvalue weighted by atomic mass is 16.5. The van der Waals surface area contributed by atoms with E-state index in [1.165, 1.54) is 7.11 Å². The quantitative estimate of drug-likeness (QED) is 0.769. The Hall–Kier alpha value is -2.42. The van der Waals surface area contributed by atoms with Crippen molar-refractivity contribution in [2.45, 2.75) is 67.3 Å². The maximum atomic E-state index is 11.3. The van der Waals surface area contributed by atoms with Crippen molar-refractivity contribution in [3.63, 3.8) is 0 Å². The van der Waals surface area contributed by atoms with Crippen molar-refractivity contribution < 1.29 is 9.53 Å². The van der Waals surface area contributed by atoms with Crippen LogP contribution in [0.2, 0.25) is 0 Å². The number of hydrogen-bond acceptors (Lipinski definition) is 5. The van der Waals surface area contributed by atoms with E-state index in [0.29, 0.717) is 23.6 Å². The lowest BCUT2D eigenvalue weighted by atomic mass is 10.0. The molecule has 0 aliphatic heterocycles. The van der Waals surface area contributed by atoms with Crippen LogP contribution >= 0.6 is 0 Å². The summed E-state index contributed by atoms with van der Waals surface area (Å²) in [5.74, 6) is 0.566. The number of fused-ring (bicyclic) bond motifs is 1. The molecule has 6 nitrogen and oxygen atoms in total. The minimum Gasteiger partial charge on any atom is -0.469 e. The van der Waals surface area contributed by atoms with Gasteiger partial charge >= 0.3 is 5.97 Å². The van der Waals surface area contributed by atoms with Crippen molar-refractivity contribution in [3.05, 3.63) is 23.3 Å². The highest BCUT2D eigenvalue weighted by Crippen LogP contribution is 2.27. The molecule has 0 N–H and O–H groups in total. The number of carbonyl (C=O) groups excluding carboxylic acids is 1. The summed E-state index contributed by atoms with van der Waals surface area (Å²) in [7, 11) is 1.36. The monoisotopic (exact) mass is 346 g/mol. The lowest BCUT2D eigenvalue weighted by molar-refractivity contribution is -0.140. The molecular weight excluding hydrogens is 316 g/mol. The Labute approximate surface area is 150 Å². The van der Waals surface area contributed by atoms with Crippen LogP contribution in [0.15, 0.2) is 6.20 Å². The smallest absolute Gasteiger partial charge is 0.307 e. The number of carbonyl (C=O) groups is 1. The number of aromatic nitrogens is 3. The SMILES string of the molecule is CC.CC.COC(=O)CCn1cc(C#N)c2c(C(C)C)nc(C)nc21. The molecule has 0 atom stereocenters. The summed E-state index contributed by atoms with van der Waals surface area (Å²) in [4.78, 5) is 20.2. The van der Waals surface area contributed by atoms with Gasteiger partial charge in [0.25, 0.3) is 0 Å². The molecule has 6 heteroatoms. The van der Waals surface area contributed by atoms with Crippen LogP contribution in [0, 0.1) is 18.3 Å². The maximum Gasteiger partial charge on any atom is 0.307 e. The molecule has 0 aliphatic carbocycles. The number of nitrogens with zero attached hydrogens (tertiary/aromatic N) is 4. The molecule has 2 aromatic heterocycles. The lowest BCUT2D eigenvalue weighted by Crippen LogP contribution is -2.07. The van der Waals surface area contributed by atoms with Crippen LogP contribution in [-0.2, 0) is 16.1 Å². The molecule has 0 fully saturated rings. The van der Waals surface area contributed by atoms with E-state index >= 15 is 0 Å². The zero-order valence-electron chi connectivity index (χ0n) is 16.7. The third kappa shape index (κ3) is 5.56. The Morgan fingerprint density at radius 3 is 2.36 bits per heavy atom. The van der Waals surface area contributed by atoms with Gasteiger partial charge < -0.3 is 9.30 Å². The van der Waals surface area contributed by atoms with Gasteiger partial charge in [-0.2, -0.15) is 5.26 Å². The minimum atomic E-state index is -0.287. The summed E-state index contributed by atoms with van der Waals surface area (Å²) >= 11 is 0. The van der Waals surface area contributed by atoms with Crippen LogP contribution < -0.4 is 0 Å². The number of nitriles is 1. The van der Waals surface area contributed by atoms with Crippen LogP contribution in [0.4, 0.5) is 0 Å². The molecule has 138 valence electrons. The standard InChI is InChI=1S/C15H18N4O2.2C2H6/c1-9(2)14-13-11(7-16)8-19(6-5-12(20)21-4)15(13)18-10(3)17-14;2*1-2/h8-9H,5-6H2,1-4H3;2*1-2H3. The fourth-order valence-electron chi connectivity index (χ4n) is 2.31. The molecule has 0 bridgehead atoms. The molecule has 0 radical (unpaired) electrons. The topological polar surface area (TPSA) is 80.8 Å². The van der Waals surface area contributed by atoms with Crippen LogP contribution in [0.3, 0.4) is 0 Å². The molecule has 2 aromatic rings. The predicted molar refractivity (Wildman–Crippen MR) is 100 cm³/mol. The molecule has 0 aliphatic rings. The average Bonchev–Trinajstić information content (AvgIpc) is 2.99.